The number of benzene rings is 2. The predicted octanol–water partition coefficient (Wildman–Crippen LogP) is 8.26. The fraction of sp³-hybridized carbons (Fsp3) is 0.622. The number of carboxylic acids is 1. The molecule has 4 fully saturated rings. The van der Waals surface area contributed by atoms with E-state index in [1.54, 1.807) is 12.1 Å². The van der Waals surface area contributed by atoms with Gasteiger partial charge in [0.25, 0.3) is 0 Å². The number of anilines is 1. The van der Waals surface area contributed by atoms with Crippen LogP contribution in [0.4, 0.5) is 10.1 Å². The molecule has 0 saturated heterocycles. The number of carbonyl (C=O) groups is 2. The first-order valence-corrected chi connectivity index (χ1v) is 20.3. The quantitative estimate of drug-likeness (QED) is 0.124. The van der Waals surface area contributed by atoms with Gasteiger partial charge in [-0.2, -0.15) is 0 Å². The molecule has 0 spiro atoms. The molecule has 292 valence electrons. The van der Waals surface area contributed by atoms with Crippen molar-refractivity contribution >= 4 is 28.3 Å². The van der Waals surface area contributed by atoms with Crippen LogP contribution in [0.2, 0.25) is 0 Å². The summed E-state index contributed by atoms with van der Waals surface area (Å²) in [7, 11) is 0. The molecule has 8 nitrogen and oxygen atoms in total. The van der Waals surface area contributed by atoms with Gasteiger partial charge in [-0.3, -0.25) is 14.6 Å². The van der Waals surface area contributed by atoms with Crippen molar-refractivity contribution < 1.29 is 34.4 Å². The normalized spacial score (nSPS) is 35.2. The van der Waals surface area contributed by atoms with Gasteiger partial charge in [-0.05, 0) is 142 Å². The minimum Gasteiger partial charge on any atom is -0.481 e. The Morgan fingerprint density at radius 1 is 1.06 bits per heavy atom. The molecule has 7 rings (SSSR count). The number of carbonyl (C=O) groups excluding carboxylic acids is 1. The summed E-state index contributed by atoms with van der Waals surface area (Å²) in [5, 5.41) is 49.2. The van der Waals surface area contributed by atoms with Crippen molar-refractivity contribution in [1.82, 2.24) is 4.98 Å². The van der Waals surface area contributed by atoms with Gasteiger partial charge in [0.2, 0.25) is 0 Å². The Kier molecular flexibility index (Phi) is 10.5. The number of carboxylic acid groups (broad SMARTS) is 1. The van der Waals surface area contributed by atoms with Gasteiger partial charge < -0.3 is 25.7 Å². The number of Topliss-reactive ketones (excluding diaryl/α,β-unsaturated/α-hetero) is 1. The highest BCUT2D eigenvalue weighted by molar-refractivity contribution is 6.08. The van der Waals surface area contributed by atoms with Crippen LogP contribution < -0.4 is 5.32 Å². The average Bonchev–Trinajstić information content (AvgIpc) is 3.48. The zero-order valence-electron chi connectivity index (χ0n) is 32.6. The molecule has 4 aliphatic rings. The summed E-state index contributed by atoms with van der Waals surface area (Å²) < 4.78 is 15.6. The Hall–Kier alpha value is -3.40. The highest BCUT2D eigenvalue weighted by Gasteiger charge is 2.66. The largest absolute Gasteiger partial charge is 0.481 e. The van der Waals surface area contributed by atoms with Crippen LogP contribution in [0.1, 0.15) is 119 Å². The minimum absolute atomic E-state index is 0.0915. The van der Waals surface area contributed by atoms with Crippen molar-refractivity contribution in [3.8, 4) is 0 Å². The summed E-state index contributed by atoms with van der Waals surface area (Å²) in [5.41, 5.74) is 2.50. The van der Waals surface area contributed by atoms with Gasteiger partial charge in [0.15, 0.2) is 5.78 Å². The summed E-state index contributed by atoms with van der Waals surface area (Å²) in [5.74, 6) is -0.240. The number of hydrogen-bond acceptors (Lipinski definition) is 7. The molecule has 1 aromatic heterocycles. The van der Waals surface area contributed by atoms with Crippen molar-refractivity contribution in [2.24, 2.45) is 46.3 Å². The molecular formula is C45H59FN2O6. The zero-order chi connectivity index (χ0) is 38.7. The Labute approximate surface area is 319 Å². The molecule has 10 unspecified atom stereocenters. The average molecular weight is 743 g/mol. The van der Waals surface area contributed by atoms with Crippen LogP contribution in [-0.2, 0) is 17.8 Å². The summed E-state index contributed by atoms with van der Waals surface area (Å²) >= 11 is 0. The molecule has 0 bridgehead atoms. The molecule has 9 heteroatoms. The first kappa shape index (κ1) is 38.9. The molecule has 1 heterocycles. The van der Waals surface area contributed by atoms with Crippen molar-refractivity contribution in [2.75, 3.05) is 5.32 Å². The third-order valence-electron chi connectivity index (χ3n) is 15.4. The first-order valence-electron chi connectivity index (χ1n) is 20.3. The Morgan fingerprint density at radius 3 is 2.54 bits per heavy atom. The fourth-order valence-electron chi connectivity index (χ4n) is 12.4. The number of aliphatic hydroxyl groups is 3. The lowest BCUT2D eigenvalue weighted by atomic mass is 9.42. The summed E-state index contributed by atoms with van der Waals surface area (Å²) in [6.45, 7) is 10.2. The van der Waals surface area contributed by atoms with Crippen LogP contribution in [-0.4, -0.2) is 55.0 Å². The van der Waals surface area contributed by atoms with E-state index in [2.05, 4.69) is 31.1 Å². The minimum atomic E-state index is -0.920. The third kappa shape index (κ3) is 6.76. The molecule has 2 aromatic carbocycles. The number of pyridine rings is 1. The van der Waals surface area contributed by atoms with E-state index in [1.165, 1.54) is 6.92 Å². The van der Waals surface area contributed by atoms with E-state index in [1.807, 2.05) is 37.3 Å². The van der Waals surface area contributed by atoms with E-state index in [4.69, 9.17) is 0 Å². The Morgan fingerprint density at radius 2 is 1.81 bits per heavy atom. The molecule has 4 saturated carbocycles. The number of nitrogens with zero attached hydrogens (tertiary/aromatic N) is 1. The molecule has 4 aliphatic carbocycles. The summed E-state index contributed by atoms with van der Waals surface area (Å²) in [6.07, 6.45) is 5.97. The smallest absolute Gasteiger partial charge is 0.303 e. The van der Waals surface area contributed by atoms with E-state index in [0.29, 0.717) is 67.5 Å². The van der Waals surface area contributed by atoms with Gasteiger partial charge in [-0.1, -0.05) is 51.1 Å². The van der Waals surface area contributed by atoms with Gasteiger partial charge >= 0.3 is 5.97 Å². The number of rotatable bonds is 11. The number of hydrogen-bond donors (Lipinski definition) is 5. The Balaban J connectivity index is 1.00. The number of ketones is 1. The fourth-order valence-corrected chi connectivity index (χ4v) is 12.4. The number of halogens is 1. The molecule has 5 N–H and O–H groups in total. The second kappa shape index (κ2) is 14.6. The summed E-state index contributed by atoms with van der Waals surface area (Å²) in [6, 6.07) is 12.9. The second-order valence-electron chi connectivity index (χ2n) is 18.2. The van der Waals surface area contributed by atoms with Crippen LogP contribution >= 0.6 is 0 Å². The lowest BCUT2D eigenvalue weighted by Gasteiger charge is -2.64. The van der Waals surface area contributed by atoms with E-state index >= 15 is 4.39 Å². The highest BCUT2D eigenvalue weighted by atomic mass is 19.1. The number of aliphatic hydroxyl groups excluding tert-OH is 2. The van der Waals surface area contributed by atoms with Gasteiger partial charge in [-0.15, -0.1) is 0 Å². The molecule has 11 atom stereocenters. The molecule has 3 aromatic rings. The lowest BCUT2D eigenvalue weighted by Crippen LogP contribution is -2.63. The van der Waals surface area contributed by atoms with Crippen LogP contribution in [0.5, 0.6) is 0 Å². The van der Waals surface area contributed by atoms with Crippen molar-refractivity contribution in [3.05, 3.63) is 70.7 Å². The highest BCUT2D eigenvalue weighted by Crippen LogP contribution is 2.69. The second-order valence-corrected chi connectivity index (χ2v) is 18.2. The number of fused-ring (bicyclic) bond motifs is 6. The monoisotopic (exact) mass is 742 g/mol. The van der Waals surface area contributed by atoms with Gasteiger partial charge in [0.1, 0.15) is 5.82 Å². The zero-order valence-corrected chi connectivity index (χ0v) is 32.6. The standard InChI is InChI=1S/C45H59FN2O6/c1-25(10-15-39(52)53)32-13-14-33-41-34(22-38(51)44(32,33)5)43(4)18-19-45(54,23-30(43)21-37(41)50)17-16-28-11-12-29(35(46)20-28)24-47-42-31-8-6-7-9-36(31)48-26(2)40(42)27(3)49/h6-9,11-12,20,25,30,32-34,37-38,41,50-51,54H,10,13-19,21-24H2,1-5H3,(H,47,48)(H,52,53)/t25?,30?,32-,33?,34?,37?,38?,41?,43?,44?,45?/m1/s1. The lowest BCUT2D eigenvalue weighted by molar-refractivity contribution is -0.216. The number of aliphatic carboxylic acids is 1. The topological polar surface area (TPSA) is 140 Å². The number of nitrogens with one attached hydrogen (secondary N) is 1. The van der Waals surface area contributed by atoms with Gasteiger partial charge in [-0.25, -0.2) is 4.39 Å². The molecule has 0 radical (unpaired) electrons. The van der Waals surface area contributed by atoms with Crippen LogP contribution in [0.3, 0.4) is 0 Å². The molecule has 54 heavy (non-hydrogen) atoms. The van der Waals surface area contributed by atoms with Crippen LogP contribution in [0.15, 0.2) is 42.5 Å². The summed E-state index contributed by atoms with van der Waals surface area (Å²) in [4.78, 5) is 28.5. The number of aromatic nitrogens is 1. The maximum Gasteiger partial charge on any atom is 0.303 e. The predicted molar refractivity (Wildman–Crippen MR) is 208 cm³/mol. The van der Waals surface area contributed by atoms with Crippen LogP contribution in [0, 0.1) is 59.1 Å². The molecule has 0 amide bonds. The third-order valence-corrected chi connectivity index (χ3v) is 15.4. The van der Waals surface area contributed by atoms with Crippen molar-refractivity contribution in [2.45, 2.75) is 130 Å². The SMILES string of the molecule is CC(=O)c1c(C)nc2ccccc2c1NCc1ccc(CCC2(O)CCC3(C)C(CC(O)C4C3CC(O)C3(C)C4CC[C@@H]3C(C)CCC(=O)O)C2)cc1F. The van der Waals surface area contributed by atoms with Crippen molar-refractivity contribution in [1.29, 1.82) is 0 Å². The number of aryl methyl sites for hydroxylation is 2. The van der Waals surface area contributed by atoms with E-state index in [-0.39, 0.29) is 70.9 Å². The maximum absolute atomic E-state index is 15.6. The first-order chi connectivity index (χ1) is 25.6. The molecular weight excluding hydrogens is 684 g/mol. The number of para-hydroxylation sites is 1. The van der Waals surface area contributed by atoms with Gasteiger partial charge in [0, 0.05) is 23.9 Å². The maximum atomic E-state index is 15.6. The Bertz CT molecular complexity index is 1920. The molecule has 0 aliphatic heterocycles. The van der Waals surface area contributed by atoms with E-state index in [0.717, 1.165) is 35.7 Å². The van der Waals surface area contributed by atoms with Crippen LogP contribution in [0.25, 0.3) is 10.9 Å². The van der Waals surface area contributed by atoms with Crippen molar-refractivity contribution in [3.63, 3.8) is 0 Å². The van der Waals surface area contributed by atoms with E-state index < -0.39 is 23.8 Å². The van der Waals surface area contributed by atoms with Gasteiger partial charge in [0.05, 0.1) is 40.3 Å². The van der Waals surface area contributed by atoms with E-state index in [9.17, 15) is 30.0 Å².